The van der Waals surface area contributed by atoms with Gasteiger partial charge in [-0.2, -0.15) is 23.4 Å². The molecule has 0 spiro atoms. The molecule has 4 rings (SSSR count). The molecular weight excluding hydrogens is 409 g/mol. The number of rotatable bonds is 4. The van der Waals surface area contributed by atoms with Crippen molar-refractivity contribution in [2.24, 2.45) is 5.92 Å². The summed E-state index contributed by atoms with van der Waals surface area (Å²) in [5, 5.41) is 8.64. The zero-order valence-electron chi connectivity index (χ0n) is 17.9. The highest BCUT2D eigenvalue weighted by molar-refractivity contribution is 5.79. The first-order valence-corrected chi connectivity index (χ1v) is 10.3. The number of nitrogens with zero attached hydrogens (tertiary/aromatic N) is 6. The lowest BCUT2D eigenvalue weighted by Crippen LogP contribution is -2.36. The van der Waals surface area contributed by atoms with E-state index >= 15 is 0 Å². The summed E-state index contributed by atoms with van der Waals surface area (Å²) in [5.41, 5.74) is 1.85. The van der Waals surface area contributed by atoms with Gasteiger partial charge < -0.3 is 4.90 Å². The van der Waals surface area contributed by atoms with Crippen LogP contribution in [0.2, 0.25) is 0 Å². The molecule has 2 atom stereocenters. The third kappa shape index (κ3) is 4.03. The second-order valence-electron chi connectivity index (χ2n) is 8.32. The van der Waals surface area contributed by atoms with Crippen LogP contribution >= 0.6 is 0 Å². The summed E-state index contributed by atoms with van der Waals surface area (Å²) in [6.45, 7) is 8.22. The highest BCUT2D eigenvalue weighted by atomic mass is 19.4. The Morgan fingerprint density at radius 3 is 2.55 bits per heavy atom. The van der Waals surface area contributed by atoms with Gasteiger partial charge in [0.25, 0.3) is 0 Å². The van der Waals surface area contributed by atoms with Crippen molar-refractivity contribution in [3.8, 4) is 0 Å². The van der Waals surface area contributed by atoms with Crippen LogP contribution in [-0.4, -0.2) is 41.7 Å². The number of likely N-dealkylation sites (tertiary alicyclic amines) is 1. The molecule has 0 aromatic carbocycles. The molecule has 0 N–H and O–H groups in total. The predicted molar refractivity (Wildman–Crippen MR) is 107 cm³/mol. The molecule has 0 radical (unpaired) electrons. The van der Waals surface area contributed by atoms with Crippen LogP contribution in [0.5, 0.6) is 0 Å². The van der Waals surface area contributed by atoms with Crippen molar-refractivity contribution in [1.82, 2.24) is 29.3 Å². The maximum Gasteiger partial charge on any atom is 0.433 e. The number of alkyl halides is 3. The molecule has 10 heteroatoms. The van der Waals surface area contributed by atoms with E-state index in [2.05, 4.69) is 15.2 Å². The SMILES string of the molecule is Cc1cc(C(F)(F)F)n2nc([C@H]3CCCN3C(=O)[C@H](C)Cn3nc(C)cc3C)cc2n1. The van der Waals surface area contributed by atoms with Crippen molar-refractivity contribution in [3.05, 3.63) is 46.7 Å². The quantitative estimate of drug-likeness (QED) is 0.625. The largest absolute Gasteiger partial charge is 0.433 e. The maximum atomic E-state index is 13.5. The zero-order valence-corrected chi connectivity index (χ0v) is 17.9. The highest BCUT2D eigenvalue weighted by Gasteiger charge is 2.37. The number of carbonyl (C=O) groups excluding carboxylic acids is 1. The summed E-state index contributed by atoms with van der Waals surface area (Å²) in [7, 11) is 0. The Labute approximate surface area is 177 Å². The van der Waals surface area contributed by atoms with E-state index in [-0.39, 0.29) is 29.2 Å². The van der Waals surface area contributed by atoms with Crippen molar-refractivity contribution in [2.75, 3.05) is 6.54 Å². The van der Waals surface area contributed by atoms with E-state index < -0.39 is 11.9 Å². The molecule has 1 saturated heterocycles. The number of hydrogen-bond acceptors (Lipinski definition) is 4. The third-order valence-corrected chi connectivity index (χ3v) is 5.71. The van der Waals surface area contributed by atoms with Gasteiger partial charge in [-0.25, -0.2) is 9.50 Å². The lowest BCUT2D eigenvalue weighted by molar-refractivity contribution is -0.143. The van der Waals surface area contributed by atoms with Crippen molar-refractivity contribution in [3.63, 3.8) is 0 Å². The fraction of sp³-hybridized carbons (Fsp3) is 0.524. The molecule has 1 aliphatic rings. The fourth-order valence-electron chi connectivity index (χ4n) is 4.30. The Hall–Kier alpha value is -2.91. The molecule has 166 valence electrons. The second-order valence-corrected chi connectivity index (χ2v) is 8.32. The molecular formula is C21H25F3N6O. The van der Waals surface area contributed by atoms with E-state index in [4.69, 9.17) is 0 Å². The van der Waals surface area contributed by atoms with E-state index in [1.165, 1.54) is 6.92 Å². The van der Waals surface area contributed by atoms with E-state index in [0.717, 1.165) is 28.4 Å². The molecule has 1 fully saturated rings. The number of hydrogen-bond donors (Lipinski definition) is 0. The number of aryl methyl sites for hydroxylation is 3. The van der Waals surface area contributed by atoms with Gasteiger partial charge in [0.15, 0.2) is 5.65 Å². The minimum absolute atomic E-state index is 0.0488. The molecule has 0 saturated carbocycles. The van der Waals surface area contributed by atoms with Gasteiger partial charge in [0.05, 0.1) is 29.9 Å². The Morgan fingerprint density at radius 2 is 1.90 bits per heavy atom. The van der Waals surface area contributed by atoms with E-state index in [1.54, 1.807) is 11.0 Å². The van der Waals surface area contributed by atoms with Crippen LogP contribution in [0.1, 0.15) is 54.3 Å². The Bertz CT molecular complexity index is 1130. The van der Waals surface area contributed by atoms with Crippen LogP contribution in [0.25, 0.3) is 5.65 Å². The van der Waals surface area contributed by atoms with Crippen LogP contribution in [-0.2, 0) is 17.5 Å². The Kier molecular flexibility index (Phi) is 5.26. The van der Waals surface area contributed by atoms with Crippen LogP contribution in [0.15, 0.2) is 18.2 Å². The molecule has 0 bridgehead atoms. The Balaban J connectivity index is 1.61. The number of aromatic nitrogens is 5. The summed E-state index contributed by atoms with van der Waals surface area (Å²) < 4.78 is 43.1. The van der Waals surface area contributed by atoms with E-state index in [0.29, 0.717) is 25.2 Å². The molecule has 3 aromatic heterocycles. The first-order chi connectivity index (χ1) is 14.5. The summed E-state index contributed by atoms with van der Waals surface area (Å²) in [6, 6.07) is 4.14. The van der Waals surface area contributed by atoms with Crippen molar-refractivity contribution >= 4 is 11.6 Å². The zero-order chi connectivity index (χ0) is 22.5. The molecule has 1 amide bonds. The summed E-state index contributed by atoms with van der Waals surface area (Å²) in [6.07, 6.45) is -3.12. The second kappa shape index (κ2) is 7.65. The van der Waals surface area contributed by atoms with Crippen LogP contribution < -0.4 is 0 Å². The van der Waals surface area contributed by atoms with E-state index in [9.17, 15) is 18.0 Å². The van der Waals surface area contributed by atoms with Gasteiger partial charge in [0.1, 0.15) is 5.69 Å². The monoisotopic (exact) mass is 434 g/mol. The van der Waals surface area contributed by atoms with Gasteiger partial charge in [0, 0.05) is 24.0 Å². The highest BCUT2D eigenvalue weighted by Crippen LogP contribution is 2.35. The third-order valence-electron chi connectivity index (χ3n) is 5.71. The molecule has 7 nitrogen and oxygen atoms in total. The van der Waals surface area contributed by atoms with Crippen molar-refractivity contribution in [2.45, 2.75) is 59.3 Å². The van der Waals surface area contributed by atoms with Crippen LogP contribution in [0, 0.1) is 26.7 Å². The molecule has 31 heavy (non-hydrogen) atoms. The average molecular weight is 434 g/mol. The summed E-state index contributed by atoms with van der Waals surface area (Å²) in [4.78, 5) is 19.1. The summed E-state index contributed by atoms with van der Waals surface area (Å²) in [5.74, 6) is -0.367. The standard InChI is InChI=1S/C21H25F3N6O/c1-12(11-29-15(4)8-14(3)26-29)20(31)28-7-5-6-17(28)16-10-19-25-13(2)9-18(21(22,23)24)30(19)27-16/h8-10,12,17H,5-7,11H2,1-4H3/t12-,17-/m1/s1. The van der Waals surface area contributed by atoms with Gasteiger partial charge in [0.2, 0.25) is 5.91 Å². The summed E-state index contributed by atoms with van der Waals surface area (Å²) >= 11 is 0. The minimum atomic E-state index is -4.55. The topological polar surface area (TPSA) is 68.3 Å². The number of fused-ring (bicyclic) bond motifs is 1. The Morgan fingerprint density at radius 1 is 1.16 bits per heavy atom. The molecule has 0 unspecified atom stereocenters. The van der Waals surface area contributed by atoms with Gasteiger partial charge >= 0.3 is 6.18 Å². The molecule has 0 aliphatic carbocycles. The first kappa shape index (κ1) is 21.3. The van der Waals surface area contributed by atoms with Crippen LogP contribution in [0.3, 0.4) is 0 Å². The lowest BCUT2D eigenvalue weighted by Gasteiger charge is -2.26. The molecule has 4 heterocycles. The minimum Gasteiger partial charge on any atom is -0.334 e. The number of halogens is 3. The van der Waals surface area contributed by atoms with E-state index in [1.807, 2.05) is 31.5 Å². The van der Waals surface area contributed by atoms with Gasteiger partial charge in [-0.15, -0.1) is 0 Å². The van der Waals surface area contributed by atoms with Gasteiger partial charge in [-0.3, -0.25) is 9.48 Å². The van der Waals surface area contributed by atoms with Gasteiger partial charge in [-0.1, -0.05) is 6.92 Å². The predicted octanol–water partition coefficient (Wildman–Crippen LogP) is 3.87. The maximum absolute atomic E-state index is 13.5. The van der Waals surface area contributed by atoms with Crippen LogP contribution in [0.4, 0.5) is 13.2 Å². The smallest absolute Gasteiger partial charge is 0.334 e. The first-order valence-electron chi connectivity index (χ1n) is 10.3. The van der Waals surface area contributed by atoms with Crippen molar-refractivity contribution < 1.29 is 18.0 Å². The number of amides is 1. The van der Waals surface area contributed by atoms with Crippen molar-refractivity contribution in [1.29, 1.82) is 0 Å². The average Bonchev–Trinajstić information content (AvgIpc) is 3.37. The van der Waals surface area contributed by atoms with Gasteiger partial charge in [-0.05, 0) is 45.7 Å². The molecule has 3 aromatic rings. The molecule has 1 aliphatic heterocycles. The normalized spacial score (nSPS) is 18.2. The number of carbonyl (C=O) groups is 1. The fourth-order valence-corrected chi connectivity index (χ4v) is 4.30. The lowest BCUT2D eigenvalue weighted by atomic mass is 10.1.